The van der Waals surface area contributed by atoms with Gasteiger partial charge in [-0.2, -0.15) is 4.90 Å². The highest BCUT2D eigenvalue weighted by Gasteiger charge is 2.39. The molecule has 17 heteroatoms. The normalized spacial score (nSPS) is 12.2. The van der Waals surface area contributed by atoms with Crippen LogP contribution in [0.15, 0.2) is 109 Å². The molecular formula is C41H45N5O12. The maximum atomic E-state index is 14.3. The van der Waals surface area contributed by atoms with Crippen molar-refractivity contribution in [3.8, 4) is 5.75 Å². The van der Waals surface area contributed by atoms with Crippen LogP contribution in [-0.2, 0) is 54.8 Å². The Morgan fingerprint density at radius 2 is 1.17 bits per heavy atom. The van der Waals surface area contributed by atoms with Gasteiger partial charge in [0.05, 0.1) is 11.5 Å². The molecule has 4 aromatic rings. The monoisotopic (exact) mass is 799 g/mol. The zero-order chi connectivity index (χ0) is 41.9. The Hall–Kier alpha value is -6.85. The average molecular weight is 800 g/mol. The van der Waals surface area contributed by atoms with Crippen LogP contribution >= 0.6 is 0 Å². The Morgan fingerprint density at radius 1 is 0.672 bits per heavy atom. The van der Waals surface area contributed by atoms with Gasteiger partial charge in [0, 0.05) is 18.6 Å². The van der Waals surface area contributed by atoms with Gasteiger partial charge in [-0.3, -0.25) is 19.7 Å². The van der Waals surface area contributed by atoms with Crippen LogP contribution in [-0.4, -0.2) is 81.3 Å². The van der Waals surface area contributed by atoms with Crippen LogP contribution in [0.4, 0.5) is 15.3 Å². The third-order valence-corrected chi connectivity index (χ3v) is 8.67. The van der Waals surface area contributed by atoms with Crippen LogP contribution in [0.1, 0.15) is 41.5 Å². The summed E-state index contributed by atoms with van der Waals surface area (Å²) in [6.45, 7) is -1.49. The van der Waals surface area contributed by atoms with Gasteiger partial charge in [-0.25, -0.2) is 14.4 Å². The molecule has 0 aliphatic carbocycles. The number of carbonyl (C=O) groups excluding carboxylic acids is 5. The highest BCUT2D eigenvalue weighted by atomic mass is 16.6. The SMILES string of the molecule is NCCCC[C@@H](C(=O)N[C@@H](Cc1ccc(O)cc1)C(=O)N[C@@H](CO)C(=O)OCc1ccc([N+](=O)[O-])cc1)N(C(=O)OCc1ccccc1)C(=O)OCc1ccccc1. The molecule has 0 saturated heterocycles. The van der Waals surface area contributed by atoms with E-state index in [0.29, 0.717) is 33.6 Å². The molecule has 0 bridgehead atoms. The third kappa shape index (κ3) is 13.7. The van der Waals surface area contributed by atoms with E-state index in [0.717, 1.165) is 0 Å². The minimum Gasteiger partial charge on any atom is -0.508 e. The number of nitrogens with two attached hydrogens (primary N) is 1. The van der Waals surface area contributed by atoms with E-state index in [2.05, 4.69) is 10.6 Å². The van der Waals surface area contributed by atoms with E-state index in [9.17, 15) is 44.3 Å². The third-order valence-electron chi connectivity index (χ3n) is 8.67. The number of hydrogen-bond donors (Lipinski definition) is 5. The number of nitrogens with zero attached hydrogens (tertiary/aromatic N) is 2. The molecule has 0 radical (unpaired) electrons. The Morgan fingerprint density at radius 3 is 1.69 bits per heavy atom. The van der Waals surface area contributed by atoms with E-state index in [1.807, 2.05) is 0 Å². The van der Waals surface area contributed by atoms with Crippen molar-refractivity contribution in [1.82, 2.24) is 15.5 Å². The number of benzene rings is 4. The Kier molecular flexibility index (Phi) is 17.1. The molecule has 0 saturated carbocycles. The largest absolute Gasteiger partial charge is 0.508 e. The molecule has 6 N–H and O–H groups in total. The van der Waals surface area contributed by atoms with Crippen molar-refractivity contribution in [2.45, 2.75) is 63.6 Å². The molecule has 0 unspecified atom stereocenters. The summed E-state index contributed by atoms with van der Waals surface area (Å²) in [7, 11) is 0. The Balaban J connectivity index is 1.59. The number of aliphatic hydroxyl groups is 1. The number of carbonyl (C=O) groups is 5. The first kappa shape index (κ1) is 43.9. The van der Waals surface area contributed by atoms with Gasteiger partial charge in [0.1, 0.15) is 37.7 Å². The Bertz CT molecular complexity index is 1910. The van der Waals surface area contributed by atoms with Crippen LogP contribution in [0.25, 0.3) is 0 Å². The van der Waals surface area contributed by atoms with Gasteiger partial charge in [-0.1, -0.05) is 72.8 Å². The minimum atomic E-state index is -1.61. The van der Waals surface area contributed by atoms with Gasteiger partial charge in [0.2, 0.25) is 11.8 Å². The molecule has 17 nitrogen and oxygen atoms in total. The molecule has 0 aliphatic rings. The van der Waals surface area contributed by atoms with Crippen molar-refractivity contribution in [3.05, 3.63) is 142 Å². The fraction of sp³-hybridized carbons (Fsp3) is 0.293. The second-order valence-electron chi connectivity index (χ2n) is 13.0. The van der Waals surface area contributed by atoms with Crippen LogP contribution in [0.2, 0.25) is 0 Å². The van der Waals surface area contributed by atoms with Crippen LogP contribution in [0, 0.1) is 10.1 Å². The first-order chi connectivity index (χ1) is 28.0. The number of nitro benzene ring substituents is 1. The number of nitrogens with one attached hydrogen (secondary N) is 2. The maximum absolute atomic E-state index is 14.3. The lowest BCUT2D eigenvalue weighted by atomic mass is 10.0. The molecule has 0 fully saturated rings. The molecule has 0 spiro atoms. The van der Waals surface area contributed by atoms with Gasteiger partial charge in [-0.05, 0) is 72.3 Å². The molecule has 306 valence electrons. The number of aromatic hydroxyl groups is 1. The minimum absolute atomic E-state index is 0.0662. The van der Waals surface area contributed by atoms with E-state index in [4.69, 9.17) is 19.9 Å². The zero-order valence-electron chi connectivity index (χ0n) is 31.4. The summed E-state index contributed by atoms with van der Waals surface area (Å²) in [5, 5.41) is 35.8. The highest BCUT2D eigenvalue weighted by molar-refractivity contribution is 5.97. The van der Waals surface area contributed by atoms with Crippen molar-refractivity contribution >= 4 is 35.7 Å². The smallest absolute Gasteiger partial charge is 0.420 e. The summed E-state index contributed by atoms with van der Waals surface area (Å²) in [6.07, 6.45) is -2.01. The van der Waals surface area contributed by atoms with Crippen LogP contribution in [0.5, 0.6) is 5.75 Å². The van der Waals surface area contributed by atoms with E-state index in [1.165, 1.54) is 48.5 Å². The first-order valence-corrected chi connectivity index (χ1v) is 18.3. The van der Waals surface area contributed by atoms with Crippen LogP contribution in [0.3, 0.4) is 0 Å². The first-order valence-electron chi connectivity index (χ1n) is 18.3. The van der Waals surface area contributed by atoms with Crippen molar-refractivity contribution < 1.29 is 53.3 Å². The topological polar surface area (TPSA) is 250 Å². The van der Waals surface area contributed by atoms with E-state index < -0.39 is 59.6 Å². The quantitative estimate of drug-likeness (QED) is 0.0279. The highest BCUT2D eigenvalue weighted by Crippen LogP contribution is 2.18. The summed E-state index contributed by atoms with van der Waals surface area (Å²) in [6, 6.07) is 23.5. The van der Waals surface area contributed by atoms with E-state index in [-0.39, 0.29) is 57.1 Å². The zero-order valence-corrected chi connectivity index (χ0v) is 31.4. The molecule has 4 aromatic carbocycles. The standard InChI is InChI=1S/C41H45N5O12/c42-22-8-7-13-36(45(40(52)57-26-29-9-3-1-4-10-29)41(53)58-27-30-11-5-2-6-12-30)38(50)43-34(23-28-16-20-33(48)21-17-28)37(49)44-35(24-47)39(51)56-25-31-14-18-32(19-15-31)46(54)55/h1-6,9-12,14-21,34-36,47-48H,7-8,13,22-27,42H2,(H,43,50)(H,44,49)/t34-,35-,36-/m0/s1. The number of nitro groups is 1. The molecule has 4 rings (SSSR count). The number of rotatable bonds is 20. The van der Waals surface area contributed by atoms with Crippen molar-refractivity contribution in [2.75, 3.05) is 13.2 Å². The van der Waals surface area contributed by atoms with Gasteiger partial charge in [0.15, 0.2) is 6.04 Å². The van der Waals surface area contributed by atoms with E-state index >= 15 is 0 Å². The van der Waals surface area contributed by atoms with Crippen molar-refractivity contribution in [3.63, 3.8) is 0 Å². The van der Waals surface area contributed by atoms with Gasteiger partial charge in [0.25, 0.3) is 5.69 Å². The van der Waals surface area contributed by atoms with Gasteiger partial charge >= 0.3 is 18.2 Å². The van der Waals surface area contributed by atoms with E-state index in [1.54, 1.807) is 60.7 Å². The molecule has 0 aliphatic heterocycles. The van der Waals surface area contributed by atoms with Gasteiger partial charge < -0.3 is 40.8 Å². The maximum Gasteiger partial charge on any atom is 0.420 e. The lowest BCUT2D eigenvalue weighted by Gasteiger charge is -2.30. The predicted octanol–water partition coefficient (Wildman–Crippen LogP) is 4.02. The molecule has 0 heterocycles. The number of ether oxygens (including phenoxy) is 3. The lowest BCUT2D eigenvalue weighted by Crippen LogP contribution is -2.58. The number of phenolic OH excluding ortho intramolecular Hbond substituents is 1. The summed E-state index contributed by atoms with van der Waals surface area (Å²) >= 11 is 0. The number of non-ortho nitro benzene ring substituents is 1. The van der Waals surface area contributed by atoms with Crippen molar-refractivity contribution in [2.24, 2.45) is 5.73 Å². The predicted molar refractivity (Wildman–Crippen MR) is 207 cm³/mol. The molecule has 0 aromatic heterocycles. The second-order valence-corrected chi connectivity index (χ2v) is 13.0. The number of aliphatic hydroxyl groups excluding tert-OH is 1. The second kappa shape index (κ2) is 22.6. The molecule has 58 heavy (non-hydrogen) atoms. The van der Waals surface area contributed by atoms with Crippen molar-refractivity contribution in [1.29, 1.82) is 0 Å². The fourth-order valence-corrected chi connectivity index (χ4v) is 5.53. The average Bonchev–Trinajstić information content (AvgIpc) is 3.24. The number of imide groups is 1. The number of hydrogen-bond acceptors (Lipinski definition) is 13. The summed E-state index contributed by atoms with van der Waals surface area (Å²) in [4.78, 5) is 79.6. The molecule has 4 amide bonds. The fourth-order valence-electron chi connectivity index (χ4n) is 5.53. The number of amides is 4. The molecule has 3 atom stereocenters. The molecular weight excluding hydrogens is 754 g/mol. The van der Waals surface area contributed by atoms with Gasteiger partial charge in [-0.15, -0.1) is 0 Å². The summed E-state index contributed by atoms with van der Waals surface area (Å²) in [5.74, 6) is -3.01. The van der Waals surface area contributed by atoms with Crippen LogP contribution < -0.4 is 16.4 Å². The number of phenols is 1. The summed E-state index contributed by atoms with van der Waals surface area (Å²) < 4.78 is 16.2. The summed E-state index contributed by atoms with van der Waals surface area (Å²) in [5.41, 5.74) is 7.63. The number of unbranched alkanes of at least 4 members (excludes halogenated alkanes) is 1. The number of esters is 1. The Labute approximate surface area is 333 Å². The lowest BCUT2D eigenvalue weighted by molar-refractivity contribution is -0.384.